The first kappa shape index (κ1) is 11.8. The van der Waals surface area contributed by atoms with E-state index < -0.39 is 5.92 Å². The fraction of sp³-hybridized carbons (Fsp3) is 1.00. The van der Waals surface area contributed by atoms with Crippen molar-refractivity contribution in [2.45, 2.75) is 18.4 Å². The zero-order valence-electron chi connectivity index (χ0n) is 8.72. The summed E-state index contributed by atoms with van der Waals surface area (Å²) in [6, 6.07) is 0.151. The van der Waals surface area contributed by atoms with Crippen molar-refractivity contribution in [3.8, 4) is 0 Å². The molecule has 1 atom stereocenters. The Balaban J connectivity index is 2.34. The molecule has 0 bridgehead atoms. The molecule has 14 heavy (non-hydrogen) atoms. The Kier molecular flexibility index (Phi) is 4.22. The standard InChI is InChI=1S/C9H18F2N2O/c1-12-6-9(10,11)7-13(2)8-3-4-14-5-8/h8,12H,3-7H2,1-2H3. The van der Waals surface area contributed by atoms with Crippen molar-refractivity contribution >= 4 is 0 Å². The van der Waals surface area contributed by atoms with Gasteiger partial charge in [0, 0.05) is 12.6 Å². The van der Waals surface area contributed by atoms with E-state index in [1.165, 1.54) is 7.05 Å². The average Bonchev–Trinajstić information content (AvgIpc) is 2.53. The topological polar surface area (TPSA) is 24.5 Å². The summed E-state index contributed by atoms with van der Waals surface area (Å²) in [6.45, 7) is 0.783. The Bertz CT molecular complexity index is 172. The lowest BCUT2D eigenvalue weighted by Crippen LogP contribution is -2.45. The first-order valence-corrected chi connectivity index (χ1v) is 4.85. The lowest BCUT2D eigenvalue weighted by molar-refractivity contribution is -0.0328. The molecule has 84 valence electrons. The number of rotatable bonds is 5. The van der Waals surface area contributed by atoms with Crippen LogP contribution in [0.5, 0.6) is 0 Å². The van der Waals surface area contributed by atoms with Crippen LogP contribution < -0.4 is 5.32 Å². The van der Waals surface area contributed by atoms with E-state index in [1.807, 2.05) is 0 Å². The van der Waals surface area contributed by atoms with Crippen LogP contribution in [0.15, 0.2) is 0 Å². The minimum Gasteiger partial charge on any atom is -0.380 e. The molecule has 0 aromatic rings. The Morgan fingerprint density at radius 2 is 2.29 bits per heavy atom. The minimum absolute atomic E-state index is 0.151. The third-order valence-electron chi connectivity index (χ3n) is 2.45. The molecule has 0 spiro atoms. The number of hydrogen-bond acceptors (Lipinski definition) is 3. The van der Waals surface area contributed by atoms with Crippen molar-refractivity contribution in [3.05, 3.63) is 0 Å². The smallest absolute Gasteiger partial charge is 0.272 e. The predicted octanol–water partition coefficient (Wildman–Crippen LogP) is 0.562. The largest absolute Gasteiger partial charge is 0.380 e. The van der Waals surface area contributed by atoms with Crippen LogP contribution in [0, 0.1) is 0 Å². The molecular formula is C9H18F2N2O. The van der Waals surface area contributed by atoms with Gasteiger partial charge in [-0.25, -0.2) is 8.78 Å². The highest BCUT2D eigenvalue weighted by Crippen LogP contribution is 2.18. The molecule has 1 rings (SSSR count). The highest BCUT2D eigenvalue weighted by atomic mass is 19.3. The molecule has 1 unspecified atom stereocenters. The summed E-state index contributed by atoms with van der Waals surface area (Å²) in [5.74, 6) is -2.66. The molecule has 0 aliphatic carbocycles. The van der Waals surface area contributed by atoms with Gasteiger partial charge in [0.05, 0.1) is 19.7 Å². The van der Waals surface area contributed by atoms with E-state index in [0.717, 1.165) is 6.42 Å². The van der Waals surface area contributed by atoms with Gasteiger partial charge in [0.15, 0.2) is 0 Å². The van der Waals surface area contributed by atoms with Crippen LogP contribution in [0.1, 0.15) is 6.42 Å². The van der Waals surface area contributed by atoms with E-state index in [2.05, 4.69) is 5.32 Å². The van der Waals surface area contributed by atoms with Crippen molar-refractivity contribution in [3.63, 3.8) is 0 Å². The third kappa shape index (κ3) is 3.48. The van der Waals surface area contributed by atoms with Crippen molar-refractivity contribution in [1.29, 1.82) is 0 Å². The van der Waals surface area contributed by atoms with Gasteiger partial charge in [-0.3, -0.25) is 4.90 Å². The molecule has 0 aromatic carbocycles. The highest BCUT2D eigenvalue weighted by molar-refractivity contribution is 4.79. The fourth-order valence-corrected chi connectivity index (χ4v) is 1.68. The fourth-order valence-electron chi connectivity index (χ4n) is 1.68. The second-order valence-electron chi connectivity index (χ2n) is 3.82. The first-order valence-electron chi connectivity index (χ1n) is 4.85. The van der Waals surface area contributed by atoms with Gasteiger partial charge in [-0.1, -0.05) is 0 Å². The number of halogens is 2. The first-order chi connectivity index (χ1) is 6.55. The summed E-state index contributed by atoms with van der Waals surface area (Å²) < 4.78 is 31.5. The Morgan fingerprint density at radius 1 is 1.57 bits per heavy atom. The molecule has 1 N–H and O–H groups in total. The second-order valence-corrected chi connectivity index (χ2v) is 3.82. The van der Waals surface area contributed by atoms with E-state index in [-0.39, 0.29) is 19.1 Å². The summed E-state index contributed by atoms with van der Waals surface area (Å²) in [5, 5.41) is 2.50. The van der Waals surface area contributed by atoms with Crippen molar-refractivity contribution in [2.75, 3.05) is 40.4 Å². The van der Waals surface area contributed by atoms with E-state index in [0.29, 0.717) is 13.2 Å². The molecule has 1 saturated heterocycles. The summed E-state index contributed by atoms with van der Waals surface area (Å²) in [7, 11) is 3.26. The monoisotopic (exact) mass is 208 g/mol. The summed E-state index contributed by atoms with van der Waals surface area (Å²) in [5.41, 5.74) is 0. The maximum Gasteiger partial charge on any atom is 0.272 e. The summed E-state index contributed by atoms with van der Waals surface area (Å²) in [6.07, 6.45) is 0.853. The molecule has 5 heteroatoms. The van der Waals surface area contributed by atoms with E-state index >= 15 is 0 Å². The van der Waals surface area contributed by atoms with Crippen LogP contribution in [0.4, 0.5) is 8.78 Å². The quantitative estimate of drug-likeness (QED) is 0.714. The number of likely N-dealkylation sites (N-methyl/N-ethyl adjacent to an activating group) is 1. The Labute approximate surface area is 83.4 Å². The van der Waals surface area contributed by atoms with Crippen molar-refractivity contribution in [2.24, 2.45) is 0 Å². The predicted molar refractivity (Wildman–Crippen MR) is 50.7 cm³/mol. The second kappa shape index (κ2) is 5.00. The zero-order chi connectivity index (χ0) is 10.6. The summed E-state index contributed by atoms with van der Waals surface area (Å²) >= 11 is 0. The maximum absolute atomic E-state index is 13.2. The lowest BCUT2D eigenvalue weighted by Gasteiger charge is -2.27. The molecule has 1 aliphatic rings. The van der Waals surface area contributed by atoms with Gasteiger partial charge in [0.1, 0.15) is 0 Å². The van der Waals surface area contributed by atoms with Crippen molar-refractivity contribution in [1.82, 2.24) is 10.2 Å². The van der Waals surface area contributed by atoms with Gasteiger partial charge in [-0.05, 0) is 20.5 Å². The highest BCUT2D eigenvalue weighted by Gasteiger charge is 2.32. The van der Waals surface area contributed by atoms with Gasteiger partial charge >= 0.3 is 0 Å². The maximum atomic E-state index is 13.2. The number of nitrogens with zero attached hydrogens (tertiary/aromatic N) is 1. The molecule has 0 saturated carbocycles. The number of alkyl halides is 2. The van der Waals surface area contributed by atoms with Crippen LogP contribution in [0.25, 0.3) is 0 Å². The van der Waals surface area contributed by atoms with Gasteiger partial charge < -0.3 is 10.1 Å². The number of hydrogen-bond donors (Lipinski definition) is 1. The molecule has 0 amide bonds. The van der Waals surface area contributed by atoms with Crippen LogP contribution in [0.3, 0.4) is 0 Å². The van der Waals surface area contributed by atoms with Crippen LogP contribution >= 0.6 is 0 Å². The molecule has 0 radical (unpaired) electrons. The minimum atomic E-state index is -2.66. The zero-order valence-corrected chi connectivity index (χ0v) is 8.72. The van der Waals surface area contributed by atoms with Crippen LogP contribution in [-0.2, 0) is 4.74 Å². The molecule has 1 fully saturated rings. The Hall–Kier alpha value is -0.260. The van der Waals surface area contributed by atoms with Gasteiger partial charge in [-0.15, -0.1) is 0 Å². The van der Waals surface area contributed by atoms with Crippen molar-refractivity contribution < 1.29 is 13.5 Å². The SMILES string of the molecule is CNCC(F)(F)CN(C)C1CCOC1. The van der Waals surface area contributed by atoms with E-state index in [4.69, 9.17) is 4.74 Å². The van der Waals surface area contributed by atoms with Gasteiger partial charge in [0.25, 0.3) is 5.92 Å². The molecule has 0 aromatic heterocycles. The molecule has 1 heterocycles. The van der Waals surface area contributed by atoms with E-state index in [9.17, 15) is 8.78 Å². The average molecular weight is 208 g/mol. The normalized spacial score (nSPS) is 23.4. The molecule has 3 nitrogen and oxygen atoms in total. The van der Waals surface area contributed by atoms with E-state index in [1.54, 1.807) is 11.9 Å². The number of ether oxygens (including phenoxy) is 1. The Morgan fingerprint density at radius 3 is 2.79 bits per heavy atom. The van der Waals surface area contributed by atoms with Gasteiger partial charge in [0.2, 0.25) is 0 Å². The van der Waals surface area contributed by atoms with Crippen LogP contribution in [0.2, 0.25) is 0 Å². The third-order valence-corrected chi connectivity index (χ3v) is 2.45. The lowest BCUT2D eigenvalue weighted by atomic mass is 10.2. The van der Waals surface area contributed by atoms with Gasteiger partial charge in [-0.2, -0.15) is 0 Å². The summed E-state index contributed by atoms with van der Waals surface area (Å²) in [4.78, 5) is 1.68. The molecular weight excluding hydrogens is 190 g/mol. The number of nitrogens with one attached hydrogen (secondary N) is 1. The molecule has 1 aliphatic heterocycles. The van der Waals surface area contributed by atoms with Crippen LogP contribution in [-0.4, -0.2) is 57.3 Å².